The van der Waals surface area contributed by atoms with E-state index in [4.69, 9.17) is 0 Å². The second-order valence-electron chi connectivity index (χ2n) is 3.28. The second kappa shape index (κ2) is 4.89. The van der Waals surface area contributed by atoms with E-state index in [0.29, 0.717) is 6.42 Å². The van der Waals surface area contributed by atoms with Crippen molar-refractivity contribution in [2.75, 3.05) is 20.6 Å². The predicted octanol–water partition coefficient (Wildman–Crippen LogP) is 0.462. The lowest BCUT2D eigenvalue weighted by Gasteiger charge is -2.13. The molecular formula is C9H15N3O. The number of hydrogen-bond acceptors (Lipinski definition) is 4. The van der Waals surface area contributed by atoms with Gasteiger partial charge in [-0.15, -0.1) is 0 Å². The Morgan fingerprint density at radius 2 is 2.00 bits per heavy atom. The van der Waals surface area contributed by atoms with E-state index in [1.807, 2.05) is 19.0 Å². The minimum Gasteiger partial charge on any atom is -0.388 e. The Bertz CT molecular complexity index is 238. The van der Waals surface area contributed by atoms with E-state index in [9.17, 15) is 5.11 Å². The van der Waals surface area contributed by atoms with E-state index < -0.39 is 6.10 Å². The molecule has 1 heterocycles. The smallest absolute Gasteiger partial charge is 0.115 e. The third kappa shape index (κ3) is 3.48. The van der Waals surface area contributed by atoms with Crippen LogP contribution >= 0.6 is 0 Å². The maximum absolute atomic E-state index is 9.66. The van der Waals surface area contributed by atoms with Gasteiger partial charge in [0, 0.05) is 24.5 Å². The Morgan fingerprint density at radius 3 is 2.54 bits per heavy atom. The molecule has 0 amide bonds. The predicted molar refractivity (Wildman–Crippen MR) is 50.2 cm³/mol. The zero-order valence-electron chi connectivity index (χ0n) is 8.01. The monoisotopic (exact) mass is 181 g/mol. The summed E-state index contributed by atoms with van der Waals surface area (Å²) in [6.07, 6.45) is 5.01. The fourth-order valence-electron chi connectivity index (χ4n) is 1.03. The number of rotatable bonds is 4. The Labute approximate surface area is 78.2 Å². The number of aromatic nitrogens is 2. The average molecular weight is 181 g/mol. The first-order valence-electron chi connectivity index (χ1n) is 4.28. The van der Waals surface area contributed by atoms with Crippen LogP contribution in [0.1, 0.15) is 18.1 Å². The van der Waals surface area contributed by atoms with Crippen LogP contribution < -0.4 is 0 Å². The first-order valence-corrected chi connectivity index (χ1v) is 4.28. The zero-order valence-corrected chi connectivity index (χ0v) is 8.01. The van der Waals surface area contributed by atoms with Crippen molar-refractivity contribution in [2.24, 2.45) is 0 Å². The van der Waals surface area contributed by atoms with Crippen LogP contribution in [0.3, 0.4) is 0 Å². The Kier molecular flexibility index (Phi) is 3.79. The van der Waals surface area contributed by atoms with Crippen molar-refractivity contribution in [2.45, 2.75) is 12.5 Å². The molecule has 0 aliphatic rings. The fraction of sp³-hybridized carbons (Fsp3) is 0.556. The number of nitrogens with zero attached hydrogens (tertiary/aromatic N) is 3. The number of aliphatic hydroxyl groups excluding tert-OH is 1. The molecule has 1 unspecified atom stereocenters. The summed E-state index contributed by atoms with van der Waals surface area (Å²) >= 11 is 0. The lowest BCUT2D eigenvalue weighted by Crippen LogP contribution is -2.15. The van der Waals surface area contributed by atoms with Gasteiger partial charge in [-0.05, 0) is 20.5 Å². The van der Waals surface area contributed by atoms with Gasteiger partial charge in [0.25, 0.3) is 0 Å². The van der Waals surface area contributed by atoms with Gasteiger partial charge < -0.3 is 10.0 Å². The lowest BCUT2D eigenvalue weighted by molar-refractivity contribution is 0.153. The highest BCUT2D eigenvalue weighted by Crippen LogP contribution is 2.13. The highest BCUT2D eigenvalue weighted by Gasteiger charge is 2.07. The van der Waals surface area contributed by atoms with E-state index in [1.165, 1.54) is 6.33 Å². The zero-order chi connectivity index (χ0) is 9.68. The van der Waals surface area contributed by atoms with Gasteiger partial charge in [0.1, 0.15) is 6.33 Å². The molecule has 1 rings (SSSR count). The van der Waals surface area contributed by atoms with Crippen LogP contribution in [-0.4, -0.2) is 40.6 Å². The van der Waals surface area contributed by atoms with Crippen molar-refractivity contribution < 1.29 is 5.11 Å². The largest absolute Gasteiger partial charge is 0.388 e. The van der Waals surface area contributed by atoms with Crippen LogP contribution in [0.4, 0.5) is 0 Å². The van der Waals surface area contributed by atoms with Gasteiger partial charge in [-0.25, -0.2) is 9.97 Å². The standard InChI is InChI=1S/C9H15N3O/c1-12(2)4-3-9(13)8-5-10-7-11-6-8/h5-7,9,13H,3-4H2,1-2H3. The van der Waals surface area contributed by atoms with Gasteiger partial charge >= 0.3 is 0 Å². The molecule has 0 aliphatic carbocycles. The molecule has 0 radical (unpaired) electrons. The van der Waals surface area contributed by atoms with Crippen LogP contribution in [0.15, 0.2) is 18.7 Å². The summed E-state index contributed by atoms with van der Waals surface area (Å²) in [6, 6.07) is 0. The van der Waals surface area contributed by atoms with Crippen molar-refractivity contribution in [1.29, 1.82) is 0 Å². The highest BCUT2D eigenvalue weighted by atomic mass is 16.3. The maximum Gasteiger partial charge on any atom is 0.115 e. The van der Waals surface area contributed by atoms with Gasteiger partial charge in [0.15, 0.2) is 0 Å². The molecule has 4 nitrogen and oxygen atoms in total. The first-order chi connectivity index (χ1) is 6.20. The Morgan fingerprint density at radius 1 is 1.38 bits per heavy atom. The molecule has 0 aliphatic heterocycles. The molecule has 0 saturated heterocycles. The Balaban J connectivity index is 2.44. The van der Waals surface area contributed by atoms with Crippen molar-refractivity contribution in [3.63, 3.8) is 0 Å². The van der Waals surface area contributed by atoms with Gasteiger partial charge in [0.2, 0.25) is 0 Å². The van der Waals surface area contributed by atoms with Gasteiger partial charge in [0.05, 0.1) is 6.10 Å². The summed E-state index contributed by atoms with van der Waals surface area (Å²) in [5.74, 6) is 0. The van der Waals surface area contributed by atoms with Gasteiger partial charge in [-0.2, -0.15) is 0 Å². The second-order valence-corrected chi connectivity index (χ2v) is 3.28. The SMILES string of the molecule is CN(C)CCC(O)c1cncnc1. The van der Waals surface area contributed by atoms with Crippen molar-refractivity contribution in [3.8, 4) is 0 Å². The molecule has 1 atom stereocenters. The number of hydrogen-bond donors (Lipinski definition) is 1. The molecule has 0 aromatic carbocycles. The summed E-state index contributed by atoms with van der Waals surface area (Å²) in [4.78, 5) is 9.73. The molecule has 72 valence electrons. The molecular weight excluding hydrogens is 166 g/mol. The molecule has 1 aromatic rings. The summed E-state index contributed by atoms with van der Waals surface area (Å²) in [7, 11) is 3.96. The van der Waals surface area contributed by atoms with E-state index in [0.717, 1.165) is 12.1 Å². The molecule has 13 heavy (non-hydrogen) atoms. The van der Waals surface area contributed by atoms with Crippen molar-refractivity contribution in [1.82, 2.24) is 14.9 Å². The van der Waals surface area contributed by atoms with Crippen LogP contribution in [0.25, 0.3) is 0 Å². The topological polar surface area (TPSA) is 49.2 Å². The number of aliphatic hydroxyl groups is 1. The average Bonchev–Trinajstić information content (AvgIpc) is 2.15. The van der Waals surface area contributed by atoms with Crippen molar-refractivity contribution >= 4 is 0 Å². The van der Waals surface area contributed by atoms with Crippen LogP contribution in [0, 0.1) is 0 Å². The third-order valence-electron chi connectivity index (χ3n) is 1.82. The summed E-state index contributed by atoms with van der Waals surface area (Å²) in [5.41, 5.74) is 0.782. The molecule has 4 heteroatoms. The minimum absolute atomic E-state index is 0.455. The van der Waals surface area contributed by atoms with Crippen molar-refractivity contribution in [3.05, 3.63) is 24.3 Å². The van der Waals surface area contributed by atoms with Crippen LogP contribution in [0.2, 0.25) is 0 Å². The lowest BCUT2D eigenvalue weighted by atomic mass is 10.1. The third-order valence-corrected chi connectivity index (χ3v) is 1.82. The maximum atomic E-state index is 9.66. The van der Waals surface area contributed by atoms with Gasteiger partial charge in [-0.3, -0.25) is 0 Å². The normalized spacial score (nSPS) is 13.2. The molecule has 0 bridgehead atoms. The summed E-state index contributed by atoms with van der Waals surface area (Å²) < 4.78 is 0. The molecule has 1 N–H and O–H groups in total. The first kappa shape index (κ1) is 10.1. The van der Waals surface area contributed by atoms with E-state index >= 15 is 0 Å². The van der Waals surface area contributed by atoms with E-state index in [2.05, 4.69) is 9.97 Å². The molecule has 0 spiro atoms. The summed E-state index contributed by atoms with van der Waals surface area (Å²) in [5, 5.41) is 9.66. The fourth-order valence-corrected chi connectivity index (χ4v) is 1.03. The molecule has 0 fully saturated rings. The quantitative estimate of drug-likeness (QED) is 0.733. The van der Waals surface area contributed by atoms with Gasteiger partial charge in [-0.1, -0.05) is 0 Å². The molecule has 0 saturated carbocycles. The Hall–Kier alpha value is -1.00. The van der Waals surface area contributed by atoms with E-state index in [1.54, 1.807) is 12.4 Å². The summed E-state index contributed by atoms with van der Waals surface area (Å²) in [6.45, 7) is 0.857. The van der Waals surface area contributed by atoms with E-state index in [-0.39, 0.29) is 0 Å². The highest BCUT2D eigenvalue weighted by molar-refractivity contribution is 5.06. The minimum atomic E-state index is -0.455. The van der Waals surface area contributed by atoms with Crippen LogP contribution in [0.5, 0.6) is 0 Å². The van der Waals surface area contributed by atoms with Crippen LogP contribution in [-0.2, 0) is 0 Å². The molecule has 1 aromatic heterocycles.